The summed E-state index contributed by atoms with van der Waals surface area (Å²) in [6.07, 6.45) is -1.66. The third kappa shape index (κ3) is 6.22. The standard InChI is InChI=1S/C7H11O4.W/c1-4-10-7(9)11-6(3)5(2)8;/h6H,2,4H2,1,3H3;/q-1;. The minimum absolute atomic E-state index is 0. The fourth-order valence-electron chi connectivity index (χ4n) is 0.362. The first-order valence-corrected chi connectivity index (χ1v) is 3.27. The van der Waals surface area contributed by atoms with Crippen molar-refractivity contribution in [1.82, 2.24) is 0 Å². The summed E-state index contributed by atoms with van der Waals surface area (Å²) in [7, 11) is 0. The molecule has 5 heteroatoms. The Hall–Kier alpha value is -0.502. The van der Waals surface area contributed by atoms with E-state index in [2.05, 4.69) is 16.4 Å². The molecule has 0 rings (SSSR count). The molecule has 0 aromatic carbocycles. The predicted octanol–water partition coefficient (Wildman–Crippen LogP) is 0.949. The zero-order chi connectivity index (χ0) is 8.85. The smallest absolute Gasteiger partial charge is 0.435 e. The SMILES string of the molecule is [CH2-]C(=O)C(C)OC(=O)OCC.[W]. The van der Waals surface area contributed by atoms with Crippen molar-refractivity contribution in [3.63, 3.8) is 0 Å². The molecule has 0 amide bonds. The molecule has 0 saturated heterocycles. The Kier molecular flexibility index (Phi) is 8.39. The molecule has 1 atom stereocenters. The molecule has 0 spiro atoms. The van der Waals surface area contributed by atoms with Crippen LogP contribution in [0.15, 0.2) is 0 Å². The van der Waals surface area contributed by atoms with E-state index in [1.165, 1.54) is 6.92 Å². The molecule has 0 aliphatic carbocycles. The fourth-order valence-corrected chi connectivity index (χ4v) is 0.362. The minimum Gasteiger partial charge on any atom is -0.435 e. The maximum absolute atomic E-state index is 10.5. The Morgan fingerprint density at radius 1 is 1.50 bits per heavy atom. The third-order valence-electron chi connectivity index (χ3n) is 0.989. The van der Waals surface area contributed by atoms with Gasteiger partial charge >= 0.3 is 6.16 Å². The van der Waals surface area contributed by atoms with Crippen LogP contribution < -0.4 is 0 Å². The second-order valence-corrected chi connectivity index (χ2v) is 1.91. The van der Waals surface area contributed by atoms with Gasteiger partial charge in [-0.15, -0.1) is 0 Å². The van der Waals surface area contributed by atoms with Gasteiger partial charge in [0.25, 0.3) is 0 Å². The van der Waals surface area contributed by atoms with Crippen molar-refractivity contribution < 1.29 is 40.1 Å². The van der Waals surface area contributed by atoms with Gasteiger partial charge in [-0.05, 0) is 13.8 Å². The molecular formula is C7H11O4W-. The Bertz CT molecular complexity index is 157. The summed E-state index contributed by atoms with van der Waals surface area (Å²) in [4.78, 5) is 21.0. The molecule has 0 aromatic heterocycles. The van der Waals surface area contributed by atoms with Crippen LogP contribution in [0, 0.1) is 6.92 Å². The van der Waals surface area contributed by atoms with Crippen LogP contribution >= 0.6 is 0 Å². The summed E-state index contributed by atoms with van der Waals surface area (Å²) < 4.78 is 8.90. The number of hydrogen-bond donors (Lipinski definition) is 0. The van der Waals surface area contributed by atoms with E-state index in [4.69, 9.17) is 0 Å². The number of carbonyl (C=O) groups excluding carboxylic acids is 2. The van der Waals surface area contributed by atoms with E-state index in [0.717, 1.165) is 0 Å². The predicted molar refractivity (Wildman–Crippen MR) is 37.9 cm³/mol. The van der Waals surface area contributed by atoms with Gasteiger partial charge in [-0.2, -0.15) is 0 Å². The molecule has 1 unspecified atom stereocenters. The Labute approximate surface area is 85.9 Å². The van der Waals surface area contributed by atoms with Gasteiger partial charge in [-0.3, -0.25) is 0 Å². The van der Waals surface area contributed by atoms with Crippen LogP contribution in [0.1, 0.15) is 13.8 Å². The molecule has 0 aromatic rings. The Balaban J connectivity index is 0. The summed E-state index contributed by atoms with van der Waals surface area (Å²) in [5.41, 5.74) is 0. The second kappa shape index (κ2) is 7.16. The van der Waals surface area contributed by atoms with E-state index < -0.39 is 18.0 Å². The third-order valence-corrected chi connectivity index (χ3v) is 0.989. The van der Waals surface area contributed by atoms with Crippen molar-refractivity contribution in [3.8, 4) is 0 Å². The van der Waals surface area contributed by atoms with Crippen LogP contribution in [-0.4, -0.2) is 24.6 Å². The summed E-state index contributed by atoms with van der Waals surface area (Å²) in [5, 5.41) is 0. The maximum atomic E-state index is 10.5. The van der Waals surface area contributed by atoms with Crippen LogP contribution in [0.4, 0.5) is 4.79 Å². The quantitative estimate of drug-likeness (QED) is 0.566. The average molecular weight is 343 g/mol. The fraction of sp³-hybridized carbons (Fsp3) is 0.571. The Morgan fingerprint density at radius 2 is 2.00 bits per heavy atom. The molecule has 0 bridgehead atoms. The average Bonchev–Trinajstić information content (AvgIpc) is 1.87. The molecule has 0 heterocycles. The number of carbonyl (C=O) groups is 2. The Morgan fingerprint density at radius 3 is 2.33 bits per heavy atom. The molecular weight excluding hydrogens is 332 g/mol. The van der Waals surface area contributed by atoms with Crippen molar-refractivity contribution in [1.29, 1.82) is 0 Å². The van der Waals surface area contributed by atoms with Crippen molar-refractivity contribution in [2.45, 2.75) is 20.0 Å². The van der Waals surface area contributed by atoms with Crippen molar-refractivity contribution >= 4 is 11.9 Å². The molecule has 0 saturated carbocycles. The molecule has 0 fully saturated rings. The van der Waals surface area contributed by atoms with Gasteiger partial charge in [0.1, 0.15) is 6.10 Å². The zero-order valence-electron chi connectivity index (χ0n) is 7.03. The van der Waals surface area contributed by atoms with Gasteiger partial charge in [0.05, 0.1) is 6.61 Å². The van der Waals surface area contributed by atoms with Crippen LogP contribution in [-0.2, 0) is 35.3 Å². The molecule has 12 heavy (non-hydrogen) atoms. The topological polar surface area (TPSA) is 52.6 Å². The largest absolute Gasteiger partial charge is 0.508 e. The van der Waals surface area contributed by atoms with E-state index in [0.29, 0.717) is 0 Å². The van der Waals surface area contributed by atoms with Gasteiger partial charge in [-0.1, -0.05) is 0 Å². The molecule has 0 aliphatic rings. The first-order chi connectivity index (χ1) is 5.07. The first kappa shape index (κ1) is 14.0. The summed E-state index contributed by atoms with van der Waals surface area (Å²) >= 11 is 0. The molecule has 0 aliphatic heterocycles. The van der Waals surface area contributed by atoms with E-state index in [1.807, 2.05) is 0 Å². The van der Waals surface area contributed by atoms with Gasteiger partial charge in [0.2, 0.25) is 0 Å². The van der Waals surface area contributed by atoms with E-state index in [9.17, 15) is 9.59 Å². The number of rotatable bonds is 3. The van der Waals surface area contributed by atoms with Crippen LogP contribution in [0.25, 0.3) is 0 Å². The van der Waals surface area contributed by atoms with Crippen LogP contribution in [0.5, 0.6) is 0 Å². The second-order valence-electron chi connectivity index (χ2n) is 1.91. The minimum atomic E-state index is -0.836. The first-order valence-electron chi connectivity index (χ1n) is 3.27. The molecule has 0 radical (unpaired) electrons. The van der Waals surface area contributed by atoms with Crippen molar-refractivity contribution in [3.05, 3.63) is 6.92 Å². The van der Waals surface area contributed by atoms with E-state index in [-0.39, 0.29) is 27.7 Å². The van der Waals surface area contributed by atoms with Crippen LogP contribution in [0.3, 0.4) is 0 Å². The number of ether oxygens (including phenoxy) is 2. The van der Waals surface area contributed by atoms with Gasteiger partial charge in [-0.25, -0.2) is 4.79 Å². The van der Waals surface area contributed by atoms with Gasteiger partial charge in [0.15, 0.2) is 0 Å². The van der Waals surface area contributed by atoms with Crippen molar-refractivity contribution in [2.75, 3.05) is 6.61 Å². The number of hydrogen-bond acceptors (Lipinski definition) is 4. The normalized spacial score (nSPS) is 10.8. The summed E-state index contributed by atoms with van der Waals surface area (Å²) in [6, 6.07) is 0. The van der Waals surface area contributed by atoms with E-state index >= 15 is 0 Å². The monoisotopic (exact) mass is 343 g/mol. The number of Topliss-reactive ketones (excluding diaryl/α,β-unsaturated/α-hetero) is 1. The van der Waals surface area contributed by atoms with Gasteiger partial charge < -0.3 is 21.2 Å². The van der Waals surface area contributed by atoms with E-state index in [1.54, 1.807) is 6.92 Å². The molecule has 70 valence electrons. The maximum Gasteiger partial charge on any atom is 0.508 e. The van der Waals surface area contributed by atoms with Gasteiger partial charge in [0, 0.05) is 26.8 Å². The summed E-state index contributed by atoms with van der Waals surface area (Å²) in [6.45, 7) is 6.40. The number of ketones is 1. The summed E-state index contributed by atoms with van der Waals surface area (Å²) in [5.74, 6) is -0.446. The molecule has 4 nitrogen and oxygen atoms in total. The molecule has 0 N–H and O–H groups in total. The zero-order valence-corrected chi connectivity index (χ0v) is 9.97. The van der Waals surface area contributed by atoms with Crippen LogP contribution in [0.2, 0.25) is 0 Å². The van der Waals surface area contributed by atoms with Crippen molar-refractivity contribution in [2.24, 2.45) is 0 Å².